The number of nitrogens with one attached hydrogen (secondary N) is 1. The van der Waals surface area contributed by atoms with E-state index in [1.54, 1.807) is 12.0 Å². The summed E-state index contributed by atoms with van der Waals surface area (Å²) in [5.41, 5.74) is 1.45. The van der Waals surface area contributed by atoms with Gasteiger partial charge < -0.3 is 15.0 Å². The van der Waals surface area contributed by atoms with Gasteiger partial charge in [-0.1, -0.05) is 29.5 Å². The fraction of sp³-hybridized carbons (Fsp3) is 0.304. The van der Waals surface area contributed by atoms with E-state index in [2.05, 4.69) is 15.5 Å². The minimum absolute atomic E-state index is 0.112. The van der Waals surface area contributed by atoms with Gasteiger partial charge in [-0.25, -0.2) is 4.39 Å². The van der Waals surface area contributed by atoms with Gasteiger partial charge in [0.1, 0.15) is 16.6 Å². The minimum Gasteiger partial charge on any atom is -0.496 e. The monoisotopic (exact) mass is 454 g/mol. The summed E-state index contributed by atoms with van der Waals surface area (Å²) in [6.45, 7) is 0.951. The van der Waals surface area contributed by atoms with Crippen LogP contribution < -0.4 is 10.1 Å². The molecular formula is C23H23FN4O3S. The van der Waals surface area contributed by atoms with Crippen molar-refractivity contribution in [2.24, 2.45) is 5.92 Å². The Bertz CT molecular complexity index is 1090. The van der Waals surface area contributed by atoms with Crippen LogP contribution in [-0.2, 0) is 11.2 Å². The lowest BCUT2D eigenvalue weighted by Gasteiger charge is -2.31. The summed E-state index contributed by atoms with van der Waals surface area (Å²) in [6.07, 6.45) is 1.69. The van der Waals surface area contributed by atoms with Crippen LogP contribution in [0.25, 0.3) is 0 Å². The van der Waals surface area contributed by atoms with Crippen molar-refractivity contribution in [1.82, 2.24) is 15.1 Å². The Morgan fingerprint density at radius 1 is 1.12 bits per heavy atom. The number of carbonyl (C=O) groups excluding carboxylic acids is 2. The van der Waals surface area contributed by atoms with Crippen molar-refractivity contribution in [3.63, 3.8) is 0 Å². The Morgan fingerprint density at radius 2 is 1.84 bits per heavy atom. The highest BCUT2D eigenvalue weighted by Crippen LogP contribution is 2.26. The second-order valence-corrected chi connectivity index (χ2v) is 8.61. The topological polar surface area (TPSA) is 84.4 Å². The maximum atomic E-state index is 13.1. The van der Waals surface area contributed by atoms with Gasteiger partial charge in [-0.2, -0.15) is 0 Å². The van der Waals surface area contributed by atoms with Crippen molar-refractivity contribution in [1.29, 1.82) is 0 Å². The van der Waals surface area contributed by atoms with Crippen LogP contribution in [0.15, 0.2) is 48.5 Å². The summed E-state index contributed by atoms with van der Waals surface area (Å²) in [7, 11) is 1.63. The first-order valence-corrected chi connectivity index (χ1v) is 11.1. The molecule has 1 aromatic heterocycles. The summed E-state index contributed by atoms with van der Waals surface area (Å²) in [5.74, 6) is -0.0448. The Labute approximate surface area is 189 Å². The van der Waals surface area contributed by atoms with Crippen LogP contribution in [-0.4, -0.2) is 47.1 Å². The van der Waals surface area contributed by atoms with Gasteiger partial charge in [0.25, 0.3) is 5.91 Å². The summed E-state index contributed by atoms with van der Waals surface area (Å²) < 4.78 is 18.4. The molecule has 3 aromatic rings. The third kappa shape index (κ3) is 5.11. The molecule has 1 saturated heterocycles. The van der Waals surface area contributed by atoms with Crippen LogP contribution >= 0.6 is 11.3 Å². The lowest BCUT2D eigenvalue weighted by molar-refractivity contribution is -0.121. The molecule has 32 heavy (non-hydrogen) atoms. The molecule has 166 valence electrons. The molecule has 2 heterocycles. The predicted molar refractivity (Wildman–Crippen MR) is 119 cm³/mol. The van der Waals surface area contributed by atoms with E-state index in [1.807, 2.05) is 24.3 Å². The molecule has 0 saturated carbocycles. The lowest BCUT2D eigenvalue weighted by atomic mass is 9.95. The van der Waals surface area contributed by atoms with Gasteiger partial charge in [0.05, 0.1) is 7.11 Å². The number of hydrogen-bond donors (Lipinski definition) is 1. The first kappa shape index (κ1) is 21.9. The zero-order valence-corrected chi connectivity index (χ0v) is 18.4. The van der Waals surface area contributed by atoms with Crippen LogP contribution in [0.3, 0.4) is 0 Å². The number of nitrogens with zero attached hydrogens (tertiary/aromatic N) is 3. The fourth-order valence-corrected chi connectivity index (χ4v) is 4.48. The zero-order chi connectivity index (χ0) is 22.5. The molecule has 0 bridgehead atoms. The number of para-hydroxylation sites is 1. The standard InChI is InChI=1S/C23H23FN4O3S/c1-31-19-5-3-2-4-17(19)14-20-26-27-23(32-20)25-21(29)15-10-12-28(13-11-15)22(30)16-6-8-18(24)9-7-16/h2-9,15H,10-14H2,1H3,(H,25,27,29). The lowest BCUT2D eigenvalue weighted by Crippen LogP contribution is -2.41. The molecule has 1 N–H and O–H groups in total. The first-order chi connectivity index (χ1) is 15.5. The second-order valence-electron chi connectivity index (χ2n) is 7.55. The largest absolute Gasteiger partial charge is 0.496 e. The van der Waals surface area contributed by atoms with Crippen LogP contribution in [0.1, 0.15) is 33.8 Å². The average Bonchev–Trinajstić information content (AvgIpc) is 3.26. The van der Waals surface area contributed by atoms with Crippen molar-refractivity contribution >= 4 is 28.3 Å². The number of amides is 2. The van der Waals surface area contributed by atoms with Gasteiger partial charge in [0, 0.05) is 36.6 Å². The first-order valence-electron chi connectivity index (χ1n) is 10.3. The molecule has 1 aliphatic heterocycles. The second kappa shape index (κ2) is 9.86. The van der Waals surface area contributed by atoms with Crippen molar-refractivity contribution in [3.05, 3.63) is 70.5 Å². The van der Waals surface area contributed by atoms with E-state index in [1.165, 1.54) is 35.6 Å². The van der Waals surface area contributed by atoms with Crippen molar-refractivity contribution in [2.45, 2.75) is 19.3 Å². The van der Waals surface area contributed by atoms with Gasteiger partial charge in [0.2, 0.25) is 11.0 Å². The normalized spacial score (nSPS) is 14.2. The number of hydrogen-bond acceptors (Lipinski definition) is 6. The molecule has 2 aromatic carbocycles. The molecule has 4 rings (SSSR count). The van der Waals surface area contributed by atoms with E-state index in [4.69, 9.17) is 4.74 Å². The molecule has 1 fully saturated rings. The smallest absolute Gasteiger partial charge is 0.253 e. The number of rotatable bonds is 6. The molecule has 7 nitrogen and oxygen atoms in total. The van der Waals surface area contributed by atoms with Crippen molar-refractivity contribution in [2.75, 3.05) is 25.5 Å². The van der Waals surface area contributed by atoms with Crippen LogP contribution in [0, 0.1) is 11.7 Å². The third-order valence-corrected chi connectivity index (χ3v) is 6.31. The molecular weight excluding hydrogens is 431 g/mol. The van der Waals surface area contributed by atoms with E-state index in [0.29, 0.717) is 43.0 Å². The molecule has 0 aliphatic carbocycles. The van der Waals surface area contributed by atoms with Crippen molar-refractivity contribution in [3.8, 4) is 5.75 Å². The molecule has 0 unspecified atom stereocenters. The number of anilines is 1. The maximum Gasteiger partial charge on any atom is 0.253 e. The Morgan fingerprint density at radius 3 is 2.56 bits per heavy atom. The van der Waals surface area contributed by atoms with Gasteiger partial charge in [-0.3, -0.25) is 9.59 Å². The van der Waals surface area contributed by atoms with E-state index in [0.717, 1.165) is 16.3 Å². The number of piperidine rings is 1. The molecule has 0 radical (unpaired) electrons. The van der Waals surface area contributed by atoms with Gasteiger partial charge >= 0.3 is 0 Å². The summed E-state index contributed by atoms with van der Waals surface area (Å²) in [6, 6.07) is 13.2. The molecule has 0 spiro atoms. The molecule has 0 atom stereocenters. The highest BCUT2D eigenvalue weighted by atomic mass is 32.1. The summed E-state index contributed by atoms with van der Waals surface area (Å²) in [5, 5.41) is 12.4. The number of halogens is 1. The zero-order valence-electron chi connectivity index (χ0n) is 17.6. The van der Waals surface area contributed by atoms with E-state index in [-0.39, 0.29) is 23.5 Å². The quantitative estimate of drug-likeness (QED) is 0.613. The Kier molecular flexibility index (Phi) is 6.75. The van der Waals surface area contributed by atoms with E-state index >= 15 is 0 Å². The number of benzene rings is 2. The third-order valence-electron chi connectivity index (χ3n) is 5.48. The molecule has 9 heteroatoms. The molecule has 1 aliphatic rings. The highest BCUT2D eigenvalue weighted by molar-refractivity contribution is 7.15. The average molecular weight is 455 g/mol. The van der Waals surface area contributed by atoms with Crippen LogP contribution in [0.5, 0.6) is 5.75 Å². The summed E-state index contributed by atoms with van der Waals surface area (Å²) in [4.78, 5) is 26.9. The Balaban J connectivity index is 1.30. The number of aromatic nitrogens is 2. The number of carbonyl (C=O) groups is 2. The number of likely N-dealkylation sites (tertiary alicyclic amines) is 1. The Hall–Kier alpha value is -3.33. The number of methoxy groups -OCH3 is 1. The maximum absolute atomic E-state index is 13.1. The SMILES string of the molecule is COc1ccccc1Cc1nnc(NC(=O)C2CCN(C(=O)c3ccc(F)cc3)CC2)s1. The van der Waals surface area contributed by atoms with Crippen molar-refractivity contribution < 1.29 is 18.7 Å². The highest BCUT2D eigenvalue weighted by Gasteiger charge is 2.28. The van der Waals surface area contributed by atoms with E-state index < -0.39 is 0 Å². The van der Waals surface area contributed by atoms with Gasteiger partial charge in [-0.05, 0) is 43.2 Å². The van der Waals surface area contributed by atoms with Crippen LogP contribution in [0.2, 0.25) is 0 Å². The summed E-state index contributed by atoms with van der Waals surface area (Å²) >= 11 is 1.34. The number of ether oxygens (including phenoxy) is 1. The van der Waals surface area contributed by atoms with E-state index in [9.17, 15) is 14.0 Å². The molecule has 2 amide bonds. The van der Waals surface area contributed by atoms with Gasteiger partial charge in [-0.15, -0.1) is 10.2 Å². The van der Waals surface area contributed by atoms with Gasteiger partial charge in [0.15, 0.2) is 0 Å². The predicted octanol–water partition coefficient (Wildman–Crippen LogP) is 3.77. The fourth-order valence-electron chi connectivity index (χ4n) is 3.71. The van der Waals surface area contributed by atoms with Crippen LogP contribution in [0.4, 0.5) is 9.52 Å². The minimum atomic E-state index is -0.375.